The van der Waals surface area contributed by atoms with Gasteiger partial charge in [0, 0.05) is 16.8 Å². The van der Waals surface area contributed by atoms with Crippen LogP contribution in [-0.2, 0) is 5.72 Å². The van der Waals surface area contributed by atoms with Crippen molar-refractivity contribution in [2.24, 2.45) is 5.10 Å². The second kappa shape index (κ2) is 6.71. The molecule has 1 amide bonds. The second-order valence-corrected chi connectivity index (χ2v) is 6.43. The van der Waals surface area contributed by atoms with E-state index in [2.05, 4.69) is 5.10 Å². The molecule has 1 unspecified atom stereocenters. The summed E-state index contributed by atoms with van der Waals surface area (Å²) in [6.07, 6.45) is -6.32. The molecule has 0 aliphatic carbocycles. The Morgan fingerprint density at radius 2 is 1.89 bits per heavy atom. The van der Waals surface area contributed by atoms with Crippen LogP contribution in [0.15, 0.2) is 41.5 Å². The van der Waals surface area contributed by atoms with E-state index in [1.807, 2.05) is 0 Å². The maximum atomic E-state index is 14.4. The standard InChI is InChI=1S/C17H11ClF5N3O2/c18-11-6-12(19)10(5-13(11)20)16(28)7-14(17(21,22)23)25-26(16)15(27)8-2-1-3-9(24)4-8/h1-6,28H,7,24H2. The van der Waals surface area contributed by atoms with E-state index in [1.54, 1.807) is 0 Å². The maximum absolute atomic E-state index is 14.4. The highest BCUT2D eigenvalue weighted by atomic mass is 35.5. The Kier molecular flexibility index (Phi) is 4.80. The molecule has 0 saturated carbocycles. The van der Waals surface area contributed by atoms with Crippen molar-refractivity contribution < 1.29 is 31.9 Å². The fourth-order valence-corrected chi connectivity index (χ4v) is 2.90. The zero-order valence-electron chi connectivity index (χ0n) is 13.8. The molecule has 0 radical (unpaired) electrons. The lowest BCUT2D eigenvalue weighted by molar-refractivity contribution is -0.0836. The third kappa shape index (κ3) is 3.40. The van der Waals surface area contributed by atoms with Crippen molar-refractivity contribution in [2.75, 3.05) is 5.73 Å². The van der Waals surface area contributed by atoms with Gasteiger partial charge in [0.1, 0.15) is 17.3 Å². The summed E-state index contributed by atoms with van der Waals surface area (Å²) >= 11 is 5.45. The van der Waals surface area contributed by atoms with Gasteiger partial charge in [-0.25, -0.2) is 8.78 Å². The SMILES string of the molecule is Nc1cccc(C(=O)N2N=C(C(F)(F)F)CC2(O)c2cc(F)c(Cl)cc2F)c1. The van der Waals surface area contributed by atoms with E-state index in [0.717, 1.165) is 6.07 Å². The van der Waals surface area contributed by atoms with Gasteiger partial charge in [0.05, 0.1) is 11.4 Å². The summed E-state index contributed by atoms with van der Waals surface area (Å²) in [5.41, 5.74) is 0.0823. The van der Waals surface area contributed by atoms with Crippen LogP contribution in [0.2, 0.25) is 5.02 Å². The third-order valence-corrected chi connectivity index (χ3v) is 4.37. The average molecular weight is 420 g/mol. The molecule has 0 bridgehead atoms. The topological polar surface area (TPSA) is 78.9 Å². The molecule has 3 N–H and O–H groups in total. The van der Waals surface area contributed by atoms with Gasteiger partial charge >= 0.3 is 6.18 Å². The quantitative estimate of drug-likeness (QED) is 0.441. The number of benzene rings is 2. The second-order valence-electron chi connectivity index (χ2n) is 6.03. The van der Waals surface area contributed by atoms with Gasteiger partial charge in [-0.2, -0.15) is 23.3 Å². The van der Waals surface area contributed by atoms with Crippen LogP contribution in [0.5, 0.6) is 0 Å². The van der Waals surface area contributed by atoms with Crippen LogP contribution < -0.4 is 5.73 Å². The van der Waals surface area contributed by atoms with Gasteiger partial charge in [-0.1, -0.05) is 17.7 Å². The predicted molar refractivity (Wildman–Crippen MR) is 90.4 cm³/mol. The predicted octanol–water partition coefficient (Wildman–Crippen LogP) is 3.81. The van der Waals surface area contributed by atoms with E-state index >= 15 is 0 Å². The van der Waals surface area contributed by atoms with E-state index in [1.165, 1.54) is 18.2 Å². The van der Waals surface area contributed by atoms with Crippen molar-refractivity contribution in [3.05, 3.63) is 64.2 Å². The van der Waals surface area contributed by atoms with Crippen LogP contribution in [-0.4, -0.2) is 27.9 Å². The Balaban J connectivity index is 2.16. The largest absolute Gasteiger partial charge is 0.431 e. The first kappa shape index (κ1) is 20.0. The number of nitrogen functional groups attached to an aromatic ring is 1. The first-order valence-corrected chi connectivity index (χ1v) is 8.03. The number of alkyl halides is 3. The zero-order valence-corrected chi connectivity index (χ0v) is 14.5. The number of nitrogens with two attached hydrogens (primary N) is 1. The van der Waals surface area contributed by atoms with Gasteiger partial charge < -0.3 is 10.8 Å². The molecule has 0 fully saturated rings. The van der Waals surface area contributed by atoms with Crippen molar-refractivity contribution in [1.82, 2.24) is 5.01 Å². The highest BCUT2D eigenvalue weighted by Crippen LogP contribution is 2.42. The smallest absolute Gasteiger partial charge is 0.399 e. The molecule has 1 atom stereocenters. The molecule has 11 heteroatoms. The third-order valence-electron chi connectivity index (χ3n) is 4.08. The highest BCUT2D eigenvalue weighted by molar-refractivity contribution is 6.30. The summed E-state index contributed by atoms with van der Waals surface area (Å²) in [5.74, 6) is -3.69. The number of carbonyl (C=O) groups excluding carboxylic acids is 1. The van der Waals surface area contributed by atoms with Gasteiger partial charge in [-0.3, -0.25) is 4.79 Å². The number of halogens is 6. The summed E-state index contributed by atoms with van der Waals surface area (Å²) in [4.78, 5) is 12.7. The molecule has 1 aliphatic heterocycles. The summed E-state index contributed by atoms with van der Waals surface area (Å²) in [5, 5.41) is 13.4. The van der Waals surface area contributed by atoms with Crippen LogP contribution in [0.1, 0.15) is 22.3 Å². The number of anilines is 1. The van der Waals surface area contributed by atoms with Crippen LogP contribution >= 0.6 is 11.6 Å². The minimum atomic E-state index is -5.01. The Hall–Kier alpha value is -2.72. The molecule has 2 aromatic rings. The Morgan fingerprint density at radius 1 is 1.21 bits per heavy atom. The van der Waals surface area contributed by atoms with Gasteiger partial charge in [0.15, 0.2) is 5.72 Å². The Morgan fingerprint density at radius 3 is 2.50 bits per heavy atom. The number of amides is 1. The molecule has 0 spiro atoms. The van der Waals surface area contributed by atoms with E-state index < -0.39 is 52.2 Å². The van der Waals surface area contributed by atoms with Gasteiger partial charge in [0.2, 0.25) is 0 Å². The van der Waals surface area contributed by atoms with Crippen LogP contribution in [0, 0.1) is 11.6 Å². The number of carbonyl (C=O) groups is 1. The summed E-state index contributed by atoms with van der Waals surface area (Å²) in [6.45, 7) is 0. The van der Waals surface area contributed by atoms with Crippen LogP contribution in [0.3, 0.4) is 0 Å². The molecule has 2 aromatic carbocycles. The molecule has 0 aromatic heterocycles. The molecule has 148 valence electrons. The van der Waals surface area contributed by atoms with E-state index in [9.17, 15) is 31.9 Å². The lowest BCUT2D eigenvalue weighted by Gasteiger charge is -2.32. The van der Waals surface area contributed by atoms with Crippen molar-refractivity contribution in [3.63, 3.8) is 0 Å². The van der Waals surface area contributed by atoms with Crippen molar-refractivity contribution >= 4 is 28.9 Å². The van der Waals surface area contributed by atoms with Gasteiger partial charge in [-0.05, 0) is 30.3 Å². The van der Waals surface area contributed by atoms with E-state index in [4.69, 9.17) is 17.3 Å². The molecular formula is C17H11ClF5N3O2. The first-order valence-electron chi connectivity index (χ1n) is 7.65. The molecule has 28 heavy (non-hydrogen) atoms. The molecule has 3 rings (SSSR count). The molecule has 5 nitrogen and oxygen atoms in total. The maximum Gasteiger partial charge on any atom is 0.431 e. The minimum absolute atomic E-state index is 0.0658. The number of hydrazone groups is 1. The highest BCUT2D eigenvalue weighted by Gasteiger charge is 2.54. The monoisotopic (exact) mass is 419 g/mol. The molecule has 1 heterocycles. The molecule has 0 saturated heterocycles. The molecular weight excluding hydrogens is 409 g/mol. The zero-order chi connectivity index (χ0) is 20.9. The van der Waals surface area contributed by atoms with Gasteiger partial charge in [0.25, 0.3) is 5.91 Å². The number of rotatable bonds is 2. The molecule has 1 aliphatic rings. The van der Waals surface area contributed by atoms with E-state index in [-0.39, 0.29) is 16.3 Å². The summed E-state index contributed by atoms with van der Waals surface area (Å²) in [6, 6.07) is 6.05. The average Bonchev–Trinajstić information content (AvgIpc) is 2.96. The summed E-state index contributed by atoms with van der Waals surface area (Å²) < 4.78 is 67.7. The fourth-order valence-electron chi connectivity index (χ4n) is 2.75. The normalized spacial score (nSPS) is 19.7. The fraction of sp³-hybridized carbons (Fsp3) is 0.176. The Labute approximate surface area is 159 Å². The lowest BCUT2D eigenvalue weighted by atomic mass is 9.95. The minimum Gasteiger partial charge on any atom is -0.399 e. The first-order chi connectivity index (χ1) is 12.9. The van der Waals surface area contributed by atoms with Crippen LogP contribution in [0.25, 0.3) is 0 Å². The summed E-state index contributed by atoms with van der Waals surface area (Å²) in [7, 11) is 0. The lowest BCUT2D eigenvalue weighted by Crippen LogP contribution is -2.44. The number of nitrogens with zero attached hydrogens (tertiary/aromatic N) is 2. The number of aliphatic hydroxyl groups is 1. The number of hydrogen-bond acceptors (Lipinski definition) is 4. The van der Waals surface area contributed by atoms with Crippen molar-refractivity contribution in [1.29, 1.82) is 0 Å². The van der Waals surface area contributed by atoms with Crippen molar-refractivity contribution in [3.8, 4) is 0 Å². The Bertz CT molecular complexity index is 995. The van der Waals surface area contributed by atoms with Gasteiger partial charge in [-0.15, -0.1) is 0 Å². The number of hydrogen-bond donors (Lipinski definition) is 2. The van der Waals surface area contributed by atoms with Crippen molar-refractivity contribution in [2.45, 2.75) is 18.3 Å². The van der Waals surface area contributed by atoms with E-state index in [0.29, 0.717) is 12.1 Å². The van der Waals surface area contributed by atoms with Crippen LogP contribution in [0.4, 0.5) is 27.6 Å².